The van der Waals surface area contributed by atoms with Crippen LogP contribution in [-0.2, 0) is 4.79 Å². The fourth-order valence-electron chi connectivity index (χ4n) is 3.22. The summed E-state index contributed by atoms with van der Waals surface area (Å²) in [6.07, 6.45) is 4.83. The first-order valence-electron chi connectivity index (χ1n) is 7.27. The maximum Gasteiger partial charge on any atom is 0.248 e. The van der Waals surface area contributed by atoms with Gasteiger partial charge in [0.1, 0.15) is 0 Å². The van der Waals surface area contributed by atoms with Crippen LogP contribution in [0.2, 0.25) is 0 Å². The summed E-state index contributed by atoms with van der Waals surface area (Å²) >= 11 is 0. The van der Waals surface area contributed by atoms with Gasteiger partial charge in [-0.15, -0.1) is 0 Å². The topological polar surface area (TPSA) is 49.3 Å². The molecule has 0 aromatic rings. The van der Waals surface area contributed by atoms with Crippen molar-refractivity contribution < 1.29 is 18.7 Å². The summed E-state index contributed by atoms with van der Waals surface area (Å²) in [5.41, 5.74) is -0.505. The molecule has 2 aliphatic carbocycles. The van der Waals surface area contributed by atoms with Crippen LogP contribution < -0.4 is 5.32 Å². The van der Waals surface area contributed by atoms with Crippen molar-refractivity contribution in [2.75, 3.05) is 6.61 Å². The molecular weight excluding hydrogens is 252 g/mol. The molecule has 0 aromatic carbocycles. The van der Waals surface area contributed by atoms with Crippen LogP contribution in [0.5, 0.6) is 0 Å². The highest BCUT2D eigenvalue weighted by molar-refractivity contribution is 5.79. The zero-order valence-electron chi connectivity index (χ0n) is 11.3. The molecule has 2 fully saturated rings. The molecule has 0 bridgehead atoms. The van der Waals surface area contributed by atoms with E-state index in [1.807, 2.05) is 0 Å². The van der Waals surface area contributed by atoms with Gasteiger partial charge in [-0.3, -0.25) is 4.79 Å². The molecule has 2 rings (SSSR count). The van der Waals surface area contributed by atoms with Gasteiger partial charge in [-0.05, 0) is 25.7 Å². The Balaban J connectivity index is 1.89. The highest BCUT2D eigenvalue weighted by Crippen LogP contribution is 2.37. The molecule has 3 nitrogen and oxygen atoms in total. The third-order valence-electron chi connectivity index (χ3n) is 4.59. The average Bonchev–Trinajstić information content (AvgIpc) is 2.39. The SMILES string of the molecule is O=C(NC1(CO)CCCCC1)C1CCC(F)(F)CC1. The summed E-state index contributed by atoms with van der Waals surface area (Å²) in [4.78, 5) is 12.2. The second kappa shape index (κ2) is 5.73. The van der Waals surface area contributed by atoms with Crippen molar-refractivity contribution in [3.05, 3.63) is 0 Å². The van der Waals surface area contributed by atoms with E-state index in [2.05, 4.69) is 5.32 Å². The number of aliphatic hydroxyl groups excluding tert-OH is 1. The van der Waals surface area contributed by atoms with E-state index in [0.717, 1.165) is 32.1 Å². The predicted octanol–water partition coefficient (Wildman–Crippen LogP) is 2.62. The number of amides is 1. The summed E-state index contributed by atoms with van der Waals surface area (Å²) in [5, 5.41) is 12.5. The Morgan fingerprint density at radius 3 is 2.21 bits per heavy atom. The van der Waals surface area contributed by atoms with Crippen LogP contribution in [0.4, 0.5) is 8.78 Å². The van der Waals surface area contributed by atoms with Crippen molar-refractivity contribution in [2.24, 2.45) is 5.92 Å². The molecule has 5 heteroatoms. The predicted molar refractivity (Wildman–Crippen MR) is 67.9 cm³/mol. The number of carbonyl (C=O) groups excluding carboxylic acids is 1. The second-order valence-electron chi connectivity index (χ2n) is 6.12. The second-order valence-corrected chi connectivity index (χ2v) is 6.12. The molecular formula is C14H23F2NO2. The van der Waals surface area contributed by atoms with E-state index in [9.17, 15) is 18.7 Å². The molecule has 0 unspecified atom stereocenters. The van der Waals surface area contributed by atoms with Crippen molar-refractivity contribution in [1.29, 1.82) is 0 Å². The average molecular weight is 275 g/mol. The maximum atomic E-state index is 13.1. The Kier molecular flexibility index (Phi) is 4.43. The maximum absolute atomic E-state index is 13.1. The van der Waals surface area contributed by atoms with Crippen LogP contribution in [0.15, 0.2) is 0 Å². The van der Waals surface area contributed by atoms with E-state index in [1.54, 1.807) is 0 Å². The molecule has 2 N–H and O–H groups in total. The van der Waals surface area contributed by atoms with E-state index < -0.39 is 11.5 Å². The first-order valence-corrected chi connectivity index (χ1v) is 7.27. The van der Waals surface area contributed by atoms with Gasteiger partial charge < -0.3 is 10.4 Å². The van der Waals surface area contributed by atoms with Gasteiger partial charge in [0.05, 0.1) is 12.1 Å². The monoisotopic (exact) mass is 275 g/mol. The molecule has 0 aromatic heterocycles. The van der Waals surface area contributed by atoms with Crippen molar-refractivity contribution in [3.8, 4) is 0 Å². The van der Waals surface area contributed by atoms with Gasteiger partial charge in [-0.25, -0.2) is 8.78 Å². The van der Waals surface area contributed by atoms with E-state index in [0.29, 0.717) is 0 Å². The number of hydrogen-bond acceptors (Lipinski definition) is 2. The minimum Gasteiger partial charge on any atom is -0.394 e. The lowest BCUT2D eigenvalue weighted by Crippen LogP contribution is -2.54. The largest absolute Gasteiger partial charge is 0.394 e. The molecule has 110 valence electrons. The number of rotatable bonds is 3. The zero-order valence-corrected chi connectivity index (χ0v) is 11.3. The fraction of sp³-hybridized carbons (Fsp3) is 0.929. The van der Waals surface area contributed by atoms with Gasteiger partial charge >= 0.3 is 0 Å². The molecule has 0 saturated heterocycles. The highest BCUT2D eigenvalue weighted by atomic mass is 19.3. The van der Waals surface area contributed by atoms with Crippen molar-refractivity contribution >= 4 is 5.91 Å². The van der Waals surface area contributed by atoms with Gasteiger partial charge in [-0.2, -0.15) is 0 Å². The van der Waals surface area contributed by atoms with Crippen LogP contribution in [0.1, 0.15) is 57.8 Å². The van der Waals surface area contributed by atoms with Crippen LogP contribution in [-0.4, -0.2) is 29.1 Å². The molecule has 0 aliphatic heterocycles. The number of nitrogens with one attached hydrogen (secondary N) is 1. The van der Waals surface area contributed by atoms with Crippen LogP contribution in [0, 0.1) is 5.92 Å². The Morgan fingerprint density at radius 2 is 1.68 bits per heavy atom. The first kappa shape index (κ1) is 14.7. The smallest absolute Gasteiger partial charge is 0.248 e. The molecule has 2 aliphatic rings. The summed E-state index contributed by atoms with van der Waals surface area (Å²) in [6, 6.07) is 0. The number of halogens is 2. The zero-order chi connectivity index (χ0) is 13.9. The summed E-state index contributed by atoms with van der Waals surface area (Å²) in [6.45, 7) is -0.0539. The normalized spacial score (nSPS) is 26.9. The van der Waals surface area contributed by atoms with Crippen molar-refractivity contribution in [2.45, 2.75) is 69.2 Å². The Morgan fingerprint density at radius 1 is 1.11 bits per heavy atom. The van der Waals surface area contributed by atoms with Crippen LogP contribution >= 0.6 is 0 Å². The van der Waals surface area contributed by atoms with Gasteiger partial charge in [0, 0.05) is 18.8 Å². The molecule has 0 radical (unpaired) electrons. The molecule has 2 saturated carbocycles. The lowest BCUT2D eigenvalue weighted by molar-refractivity contribution is -0.132. The van der Waals surface area contributed by atoms with Gasteiger partial charge in [0.2, 0.25) is 11.8 Å². The van der Waals surface area contributed by atoms with Gasteiger partial charge in [0.25, 0.3) is 0 Å². The fourth-order valence-corrected chi connectivity index (χ4v) is 3.22. The number of alkyl halides is 2. The van der Waals surface area contributed by atoms with E-state index >= 15 is 0 Å². The van der Waals surface area contributed by atoms with Crippen LogP contribution in [0.3, 0.4) is 0 Å². The first-order chi connectivity index (χ1) is 8.96. The minimum absolute atomic E-state index is 0.0539. The van der Waals surface area contributed by atoms with Crippen LogP contribution in [0.25, 0.3) is 0 Å². The third-order valence-corrected chi connectivity index (χ3v) is 4.59. The standard InChI is InChI=1S/C14H23F2NO2/c15-14(16)8-4-11(5-9-14)12(19)17-13(10-18)6-2-1-3-7-13/h11,18H,1-10H2,(H,17,19). The number of aliphatic hydroxyl groups is 1. The Labute approximate surface area is 112 Å². The lowest BCUT2D eigenvalue weighted by atomic mass is 9.80. The van der Waals surface area contributed by atoms with Crippen molar-refractivity contribution in [1.82, 2.24) is 5.32 Å². The molecule has 19 heavy (non-hydrogen) atoms. The molecule has 0 atom stereocenters. The highest BCUT2D eigenvalue weighted by Gasteiger charge is 2.40. The van der Waals surface area contributed by atoms with Gasteiger partial charge in [0.15, 0.2) is 0 Å². The van der Waals surface area contributed by atoms with E-state index in [1.165, 1.54) is 0 Å². The van der Waals surface area contributed by atoms with E-state index in [-0.39, 0.29) is 44.1 Å². The van der Waals surface area contributed by atoms with Crippen molar-refractivity contribution in [3.63, 3.8) is 0 Å². The number of hydrogen-bond donors (Lipinski definition) is 2. The summed E-state index contributed by atoms with van der Waals surface area (Å²) in [7, 11) is 0. The number of carbonyl (C=O) groups is 1. The quantitative estimate of drug-likeness (QED) is 0.832. The summed E-state index contributed by atoms with van der Waals surface area (Å²) in [5.74, 6) is -3.06. The molecule has 1 amide bonds. The third kappa shape index (κ3) is 3.65. The van der Waals surface area contributed by atoms with E-state index in [4.69, 9.17) is 0 Å². The minimum atomic E-state index is -2.60. The summed E-state index contributed by atoms with van der Waals surface area (Å²) < 4.78 is 26.1. The lowest BCUT2D eigenvalue weighted by Gasteiger charge is -2.38. The Bertz CT molecular complexity index is 317. The van der Waals surface area contributed by atoms with Gasteiger partial charge in [-0.1, -0.05) is 19.3 Å². The molecule has 0 spiro atoms. The Hall–Kier alpha value is -0.710. The molecule has 0 heterocycles.